The number of hydrogen-bond donors (Lipinski definition) is 0. The van der Waals surface area contributed by atoms with Gasteiger partial charge in [-0.05, 0) is 18.6 Å². The summed E-state index contributed by atoms with van der Waals surface area (Å²) in [5.41, 5.74) is 1.91. The minimum Gasteiger partial charge on any atom is -0.348 e. The third-order valence-corrected chi connectivity index (χ3v) is 3.29. The van der Waals surface area contributed by atoms with Gasteiger partial charge in [0.05, 0.1) is 12.2 Å². The Morgan fingerprint density at radius 3 is 2.53 bits per heavy atom. The van der Waals surface area contributed by atoms with Gasteiger partial charge in [-0.15, -0.1) is 10.2 Å². The molecule has 1 aliphatic heterocycles. The van der Waals surface area contributed by atoms with Gasteiger partial charge < -0.3 is 4.90 Å². The highest BCUT2D eigenvalue weighted by Gasteiger charge is 2.18. The molecule has 0 N–H and O–H groups in total. The molecule has 19 heavy (non-hydrogen) atoms. The van der Waals surface area contributed by atoms with E-state index in [0.29, 0.717) is 13.0 Å². The summed E-state index contributed by atoms with van der Waals surface area (Å²) in [6, 6.07) is 13.8. The molecule has 1 aliphatic rings. The molecule has 1 aromatic carbocycles. The Balaban J connectivity index is 1.81. The lowest BCUT2D eigenvalue weighted by atomic mass is 10.1. The number of nitrogens with zero attached hydrogens (tertiary/aromatic N) is 3. The van der Waals surface area contributed by atoms with Gasteiger partial charge in [-0.2, -0.15) is 0 Å². The number of aromatic nitrogens is 2. The monoisotopic (exact) mass is 253 g/mol. The standard InChI is InChI=1S/C15H15N3O/c19-13-7-4-10-18(11-13)15-9-8-14(16-17-15)12-5-2-1-3-6-12/h1-3,5-6,8-9H,4,7,10-11H2. The maximum Gasteiger partial charge on any atom is 0.152 e. The quantitative estimate of drug-likeness (QED) is 0.824. The molecule has 4 heteroatoms. The summed E-state index contributed by atoms with van der Waals surface area (Å²) in [7, 11) is 0. The van der Waals surface area contributed by atoms with E-state index in [0.717, 1.165) is 30.0 Å². The van der Waals surface area contributed by atoms with Crippen LogP contribution in [-0.4, -0.2) is 29.1 Å². The van der Waals surface area contributed by atoms with Crippen molar-refractivity contribution in [3.8, 4) is 11.3 Å². The molecule has 0 radical (unpaired) electrons. The number of carbonyl (C=O) groups excluding carboxylic acids is 1. The van der Waals surface area contributed by atoms with Gasteiger partial charge in [0, 0.05) is 18.5 Å². The molecule has 3 rings (SSSR count). The first kappa shape index (κ1) is 11.8. The zero-order valence-electron chi connectivity index (χ0n) is 10.6. The van der Waals surface area contributed by atoms with E-state index >= 15 is 0 Å². The van der Waals surface area contributed by atoms with E-state index in [2.05, 4.69) is 10.2 Å². The Morgan fingerprint density at radius 2 is 1.84 bits per heavy atom. The average molecular weight is 253 g/mol. The number of carbonyl (C=O) groups is 1. The van der Waals surface area contributed by atoms with Crippen LogP contribution in [0.3, 0.4) is 0 Å². The van der Waals surface area contributed by atoms with Gasteiger partial charge in [0.15, 0.2) is 11.6 Å². The van der Waals surface area contributed by atoms with Crippen LogP contribution in [0.25, 0.3) is 11.3 Å². The van der Waals surface area contributed by atoms with Crippen molar-refractivity contribution >= 4 is 11.6 Å². The van der Waals surface area contributed by atoms with Gasteiger partial charge in [0.25, 0.3) is 0 Å². The average Bonchev–Trinajstić information content (AvgIpc) is 2.48. The molecular formula is C15H15N3O. The number of hydrogen-bond acceptors (Lipinski definition) is 4. The molecule has 0 amide bonds. The van der Waals surface area contributed by atoms with Gasteiger partial charge in [-0.25, -0.2) is 0 Å². The van der Waals surface area contributed by atoms with Crippen LogP contribution in [0.1, 0.15) is 12.8 Å². The smallest absolute Gasteiger partial charge is 0.152 e. The number of rotatable bonds is 2. The molecule has 0 spiro atoms. The van der Waals surface area contributed by atoms with Crippen LogP contribution < -0.4 is 4.90 Å². The second kappa shape index (κ2) is 5.18. The Bertz CT molecular complexity index is 566. The number of anilines is 1. The molecule has 1 saturated heterocycles. The van der Waals surface area contributed by atoms with Crippen molar-refractivity contribution < 1.29 is 4.79 Å². The van der Waals surface area contributed by atoms with Crippen LogP contribution in [0.15, 0.2) is 42.5 Å². The van der Waals surface area contributed by atoms with Gasteiger partial charge >= 0.3 is 0 Å². The minimum atomic E-state index is 0.278. The predicted molar refractivity (Wildman–Crippen MR) is 73.9 cm³/mol. The van der Waals surface area contributed by atoms with E-state index in [1.54, 1.807) is 0 Å². The van der Waals surface area contributed by atoms with E-state index < -0.39 is 0 Å². The van der Waals surface area contributed by atoms with E-state index in [1.807, 2.05) is 47.4 Å². The third-order valence-electron chi connectivity index (χ3n) is 3.29. The van der Waals surface area contributed by atoms with Crippen LogP contribution >= 0.6 is 0 Å². The molecule has 0 atom stereocenters. The van der Waals surface area contributed by atoms with Crippen LogP contribution in [0.4, 0.5) is 5.82 Å². The normalized spacial score (nSPS) is 15.6. The Hall–Kier alpha value is -2.23. The molecule has 2 aromatic rings. The molecule has 0 aliphatic carbocycles. The van der Waals surface area contributed by atoms with Crippen molar-refractivity contribution in [3.05, 3.63) is 42.5 Å². The van der Waals surface area contributed by atoms with Gasteiger partial charge in [0.1, 0.15) is 0 Å². The summed E-state index contributed by atoms with van der Waals surface area (Å²) in [5.74, 6) is 1.06. The molecule has 96 valence electrons. The van der Waals surface area contributed by atoms with Gasteiger partial charge in [0.2, 0.25) is 0 Å². The highest BCUT2D eigenvalue weighted by atomic mass is 16.1. The first-order valence-corrected chi connectivity index (χ1v) is 6.49. The molecule has 1 aromatic heterocycles. The van der Waals surface area contributed by atoms with E-state index in [-0.39, 0.29) is 5.78 Å². The lowest BCUT2D eigenvalue weighted by molar-refractivity contribution is -0.118. The van der Waals surface area contributed by atoms with E-state index in [1.165, 1.54) is 0 Å². The van der Waals surface area contributed by atoms with Gasteiger partial charge in [-0.1, -0.05) is 30.3 Å². The minimum absolute atomic E-state index is 0.278. The maximum absolute atomic E-state index is 11.4. The molecule has 0 unspecified atom stereocenters. The number of Topliss-reactive ketones (excluding diaryl/α,β-unsaturated/α-hetero) is 1. The number of ketones is 1. The summed E-state index contributed by atoms with van der Waals surface area (Å²) < 4.78 is 0. The summed E-state index contributed by atoms with van der Waals surface area (Å²) in [6.07, 6.45) is 1.59. The maximum atomic E-state index is 11.4. The lowest BCUT2D eigenvalue weighted by Crippen LogP contribution is -2.36. The fraction of sp³-hybridized carbons (Fsp3) is 0.267. The summed E-state index contributed by atoms with van der Waals surface area (Å²) in [5, 5.41) is 8.48. The molecule has 1 fully saturated rings. The highest BCUT2D eigenvalue weighted by Crippen LogP contribution is 2.19. The highest BCUT2D eigenvalue weighted by molar-refractivity contribution is 5.84. The van der Waals surface area contributed by atoms with Crippen molar-refractivity contribution in [2.24, 2.45) is 0 Å². The molecule has 4 nitrogen and oxygen atoms in total. The second-order valence-electron chi connectivity index (χ2n) is 4.71. The molecule has 0 saturated carbocycles. The fourth-order valence-electron chi connectivity index (χ4n) is 2.29. The summed E-state index contributed by atoms with van der Waals surface area (Å²) >= 11 is 0. The Morgan fingerprint density at radius 1 is 1.00 bits per heavy atom. The zero-order valence-corrected chi connectivity index (χ0v) is 10.6. The van der Waals surface area contributed by atoms with Crippen molar-refractivity contribution in [2.75, 3.05) is 18.0 Å². The Labute approximate surface area is 112 Å². The molecule has 0 bridgehead atoms. The number of benzene rings is 1. The lowest BCUT2D eigenvalue weighted by Gasteiger charge is -2.26. The first-order chi connectivity index (χ1) is 9.33. The van der Waals surface area contributed by atoms with E-state index in [9.17, 15) is 4.79 Å². The summed E-state index contributed by atoms with van der Waals surface area (Å²) in [4.78, 5) is 13.4. The third kappa shape index (κ3) is 2.62. The van der Waals surface area contributed by atoms with Crippen molar-refractivity contribution in [1.29, 1.82) is 0 Å². The molecular weight excluding hydrogens is 238 g/mol. The predicted octanol–water partition coefficient (Wildman–Crippen LogP) is 2.31. The number of piperidine rings is 1. The van der Waals surface area contributed by atoms with Crippen LogP contribution in [-0.2, 0) is 4.79 Å². The van der Waals surface area contributed by atoms with Crippen LogP contribution in [0.5, 0.6) is 0 Å². The topological polar surface area (TPSA) is 46.1 Å². The van der Waals surface area contributed by atoms with Crippen molar-refractivity contribution in [1.82, 2.24) is 10.2 Å². The first-order valence-electron chi connectivity index (χ1n) is 6.49. The second-order valence-corrected chi connectivity index (χ2v) is 4.71. The van der Waals surface area contributed by atoms with Crippen molar-refractivity contribution in [2.45, 2.75) is 12.8 Å². The van der Waals surface area contributed by atoms with Crippen LogP contribution in [0.2, 0.25) is 0 Å². The molecule has 2 heterocycles. The van der Waals surface area contributed by atoms with E-state index in [4.69, 9.17) is 0 Å². The zero-order chi connectivity index (χ0) is 13.1. The van der Waals surface area contributed by atoms with Crippen LogP contribution in [0, 0.1) is 0 Å². The fourth-order valence-corrected chi connectivity index (χ4v) is 2.29. The summed E-state index contributed by atoms with van der Waals surface area (Å²) in [6.45, 7) is 1.34. The largest absolute Gasteiger partial charge is 0.348 e. The Kier molecular flexibility index (Phi) is 3.23. The van der Waals surface area contributed by atoms with Gasteiger partial charge in [-0.3, -0.25) is 4.79 Å². The van der Waals surface area contributed by atoms with Crippen molar-refractivity contribution in [3.63, 3.8) is 0 Å². The SMILES string of the molecule is O=C1CCCN(c2ccc(-c3ccccc3)nn2)C1.